The van der Waals surface area contributed by atoms with Gasteiger partial charge in [-0.2, -0.15) is 5.26 Å². The average Bonchev–Trinajstić information content (AvgIpc) is 3.49. The van der Waals surface area contributed by atoms with Crippen LogP contribution in [0, 0.1) is 32.1 Å². The van der Waals surface area contributed by atoms with E-state index in [-0.39, 0.29) is 12.5 Å². The molecule has 0 aromatic carbocycles. The van der Waals surface area contributed by atoms with E-state index in [1.54, 1.807) is 36.0 Å². The molecule has 0 radical (unpaired) electrons. The first-order chi connectivity index (χ1) is 15.3. The summed E-state index contributed by atoms with van der Waals surface area (Å²) < 4.78 is 12.1. The van der Waals surface area contributed by atoms with E-state index in [0.717, 1.165) is 16.1 Å². The second-order valence-electron chi connectivity index (χ2n) is 7.01. The predicted octanol–water partition coefficient (Wildman–Crippen LogP) is 2.90. The first kappa shape index (κ1) is 22.8. The molecule has 9 nitrogen and oxygen atoms in total. The summed E-state index contributed by atoms with van der Waals surface area (Å²) >= 11 is 1.31. The minimum absolute atomic E-state index is 0.307. The fourth-order valence-electron chi connectivity index (χ4n) is 3.05. The first-order valence-corrected chi connectivity index (χ1v) is 10.5. The number of esters is 1. The molecule has 0 spiro atoms. The predicted molar refractivity (Wildman–Crippen MR) is 117 cm³/mol. The van der Waals surface area contributed by atoms with Crippen molar-refractivity contribution in [2.75, 3.05) is 18.5 Å². The minimum Gasteiger partial charge on any atom is -0.467 e. The number of aryl methyl sites for hydroxylation is 1. The van der Waals surface area contributed by atoms with E-state index in [9.17, 15) is 19.6 Å². The minimum atomic E-state index is -0.749. The number of hydrogen-bond donors (Lipinski definition) is 2. The maximum absolute atomic E-state index is 12.4. The molecule has 10 heteroatoms. The van der Waals surface area contributed by atoms with Gasteiger partial charge in [0.2, 0.25) is 0 Å². The third kappa shape index (κ3) is 5.25. The van der Waals surface area contributed by atoms with E-state index >= 15 is 0 Å². The number of rotatable bonds is 8. The smallest absolute Gasteiger partial charge is 0.325 e. The summed E-state index contributed by atoms with van der Waals surface area (Å²) in [6.45, 7) is 4.92. The van der Waals surface area contributed by atoms with Crippen molar-refractivity contribution in [3.63, 3.8) is 0 Å². The van der Waals surface area contributed by atoms with Crippen LogP contribution in [-0.2, 0) is 20.9 Å². The van der Waals surface area contributed by atoms with Gasteiger partial charge in [0.05, 0.1) is 23.2 Å². The quantitative estimate of drug-likeness (QED) is 0.504. The summed E-state index contributed by atoms with van der Waals surface area (Å²) in [5, 5.41) is 14.7. The summed E-state index contributed by atoms with van der Waals surface area (Å²) in [5.41, 5.74) is 1.86. The lowest BCUT2D eigenvalue weighted by Crippen LogP contribution is -2.32. The molecule has 3 aromatic rings. The number of ether oxygens (including phenoxy) is 1. The highest BCUT2D eigenvalue weighted by atomic mass is 32.1. The largest absolute Gasteiger partial charge is 0.467 e. The fraction of sp³-hybridized carbons (Fsp3) is 0.273. The maximum atomic E-state index is 12.4. The second-order valence-corrected chi connectivity index (χ2v) is 8.30. The number of hydrogen-bond acceptors (Lipinski definition) is 7. The molecule has 0 atom stereocenters. The van der Waals surface area contributed by atoms with Gasteiger partial charge in [-0.15, -0.1) is 11.3 Å². The summed E-state index contributed by atoms with van der Waals surface area (Å²) in [5.74, 6) is -0.772. The van der Waals surface area contributed by atoms with Gasteiger partial charge < -0.3 is 24.4 Å². The monoisotopic (exact) mass is 454 g/mol. The number of nitrogens with zero attached hydrogens (tertiary/aromatic N) is 2. The van der Waals surface area contributed by atoms with Crippen LogP contribution in [0.5, 0.6) is 0 Å². The van der Waals surface area contributed by atoms with Crippen LogP contribution in [0.25, 0.3) is 0 Å². The highest BCUT2D eigenvalue weighted by Gasteiger charge is 2.21. The highest BCUT2D eigenvalue weighted by Crippen LogP contribution is 2.27. The number of carbonyl (C=O) groups excluding carboxylic acids is 3. The van der Waals surface area contributed by atoms with Crippen LogP contribution in [0.3, 0.4) is 0 Å². The van der Waals surface area contributed by atoms with E-state index in [1.807, 2.05) is 19.9 Å². The zero-order valence-electron chi connectivity index (χ0n) is 17.9. The molecule has 3 heterocycles. The molecule has 0 aliphatic rings. The van der Waals surface area contributed by atoms with Crippen LogP contribution < -0.4 is 10.6 Å². The van der Waals surface area contributed by atoms with Crippen LogP contribution in [0.4, 0.5) is 5.82 Å². The van der Waals surface area contributed by atoms with E-state index in [0.29, 0.717) is 28.6 Å². The van der Waals surface area contributed by atoms with Gasteiger partial charge in [0, 0.05) is 10.6 Å². The number of carbonyl (C=O) groups is 3. The van der Waals surface area contributed by atoms with Crippen molar-refractivity contribution in [2.45, 2.75) is 27.3 Å². The molecule has 0 saturated heterocycles. The van der Waals surface area contributed by atoms with Gasteiger partial charge in [-0.25, -0.2) is 0 Å². The van der Waals surface area contributed by atoms with Gasteiger partial charge in [0.15, 0.2) is 6.61 Å². The SMILES string of the molecule is Cc1ccc(C(=O)NCC(=O)OCC(=O)Nc2c(C#N)c(C)c(C)n2Cc2ccco2)s1. The van der Waals surface area contributed by atoms with E-state index in [4.69, 9.17) is 9.15 Å². The van der Waals surface area contributed by atoms with E-state index < -0.39 is 18.5 Å². The molecule has 3 aromatic heterocycles. The summed E-state index contributed by atoms with van der Waals surface area (Å²) in [4.78, 5) is 37.8. The summed E-state index contributed by atoms with van der Waals surface area (Å²) in [6.07, 6.45) is 1.54. The van der Waals surface area contributed by atoms with Crippen LogP contribution >= 0.6 is 11.3 Å². The number of aromatic nitrogens is 1. The Morgan fingerprint density at radius 2 is 2.00 bits per heavy atom. The number of amides is 2. The zero-order valence-corrected chi connectivity index (χ0v) is 18.7. The lowest BCUT2D eigenvalue weighted by molar-refractivity contribution is -0.146. The Labute approximate surface area is 188 Å². The van der Waals surface area contributed by atoms with Gasteiger partial charge >= 0.3 is 5.97 Å². The summed E-state index contributed by atoms with van der Waals surface area (Å²) in [7, 11) is 0. The van der Waals surface area contributed by atoms with Crippen molar-refractivity contribution in [3.8, 4) is 6.07 Å². The standard InChI is InChI=1S/C22H22N4O5S/c1-13-6-7-18(32-13)22(29)24-10-20(28)31-12-19(27)25-21-17(9-23)14(2)15(3)26(21)11-16-5-4-8-30-16/h4-8H,10-12H2,1-3H3,(H,24,29)(H,25,27). The molecule has 0 aliphatic carbocycles. The Hall–Kier alpha value is -3.84. The number of nitriles is 1. The first-order valence-electron chi connectivity index (χ1n) is 9.72. The van der Waals surface area contributed by atoms with Crippen molar-refractivity contribution >= 4 is 34.9 Å². The molecule has 32 heavy (non-hydrogen) atoms. The number of nitrogens with one attached hydrogen (secondary N) is 2. The highest BCUT2D eigenvalue weighted by molar-refractivity contribution is 7.13. The average molecular weight is 455 g/mol. The molecule has 2 N–H and O–H groups in total. The van der Waals surface area contributed by atoms with E-state index in [1.165, 1.54) is 11.3 Å². The molecule has 0 bridgehead atoms. The molecule has 0 unspecified atom stereocenters. The van der Waals surface area contributed by atoms with E-state index in [2.05, 4.69) is 16.7 Å². The van der Waals surface area contributed by atoms with Crippen LogP contribution in [0.1, 0.15) is 37.1 Å². The third-order valence-electron chi connectivity index (χ3n) is 4.81. The lowest BCUT2D eigenvalue weighted by Gasteiger charge is -2.12. The second kappa shape index (κ2) is 9.98. The van der Waals surface area contributed by atoms with Crippen molar-refractivity contribution in [1.82, 2.24) is 9.88 Å². The Bertz CT molecular complexity index is 1180. The van der Waals surface area contributed by atoms with Crippen molar-refractivity contribution in [2.24, 2.45) is 0 Å². The Balaban J connectivity index is 1.58. The van der Waals surface area contributed by atoms with Gasteiger partial charge in [-0.05, 0) is 50.6 Å². The van der Waals surface area contributed by atoms with Crippen molar-refractivity contribution in [1.29, 1.82) is 5.26 Å². The van der Waals surface area contributed by atoms with Gasteiger partial charge in [0.25, 0.3) is 11.8 Å². The molecule has 0 fully saturated rings. The molecule has 3 rings (SSSR count). The van der Waals surface area contributed by atoms with Crippen LogP contribution in [0.15, 0.2) is 34.9 Å². The molecule has 2 amide bonds. The maximum Gasteiger partial charge on any atom is 0.325 e. The van der Waals surface area contributed by atoms with Gasteiger partial charge in [0.1, 0.15) is 24.2 Å². The Morgan fingerprint density at radius 1 is 1.22 bits per heavy atom. The molecular weight excluding hydrogens is 432 g/mol. The van der Waals surface area contributed by atoms with Crippen LogP contribution in [0.2, 0.25) is 0 Å². The normalized spacial score (nSPS) is 10.4. The molecule has 0 saturated carbocycles. The third-order valence-corrected chi connectivity index (χ3v) is 5.81. The fourth-order valence-corrected chi connectivity index (χ4v) is 3.83. The molecule has 0 aliphatic heterocycles. The van der Waals surface area contributed by atoms with Crippen LogP contribution in [-0.4, -0.2) is 35.5 Å². The topological polar surface area (TPSA) is 126 Å². The Morgan fingerprint density at radius 3 is 2.62 bits per heavy atom. The number of furan rings is 1. The molecular formula is C22H22N4O5S. The van der Waals surface area contributed by atoms with Gasteiger partial charge in [-0.3, -0.25) is 14.4 Å². The number of thiophene rings is 1. The van der Waals surface area contributed by atoms with Crippen molar-refractivity contribution < 1.29 is 23.5 Å². The zero-order chi connectivity index (χ0) is 23.3. The lowest BCUT2D eigenvalue weighted by atomic mass is 10.2. The molecule has 166 valence electrons. The number of anilines is 1. The summed E-state index contributed by atoms with van der Waals surface area (Å²) in [6, 6.07) is 9.13. The van der Waals surface area contributed by atoms with Crippen molar-refractivity contribution in [3.05, 3.63) is 62.9 Å². The Kier molecular flexibility index (Phi) is 7.12. The van der Waals surface area contributed by atoms with Gasteiger partial charge in [-0.1, -0.05) is 0 Å².